The zero-order valence-corrected chi connectivity index (χ0v) is 19.2. The number of hydrogen-bond donors (Lipinski definition) is 1. The minimum absolute atomic E-state index is 0.259. The molecule has 0 aromatic heterocycles. The van der Waals surface area contributed by atoms with Crippen LogP contribution < -0.4 is 14.9 Å². The molecule has 172 valence electrons. The van der Waals surface area contributed by atoms with Gasteiger partial charge in [0.25, 0.3) is 5.91 Å². The molecule has 0 radical (unpaired) electrons. The van der Waals surface area contributed by atoms with Gasteiger partial charge in [-0.1, -0.05) is 68.7 Å². The Morgan fingerprint density at radius 3 is 2.36 bits per heavy atom. The zero-order chi connectivity index (χ0) is 23.1. The Balaban J connectivity index is 1.42. The molecule has 0 spiro atoms. The molecule has 0 aliphatic heterocycles. The van der Waals surface area contributed by atoms with E-state index in [0.29, 0.717) is 24.5 Å². The van der Waals surface area contributed by atoms with E-state index in [1.54, 1.807) is 18.3 Å². The molecule has 3 rings (SSSR count). The number of nitrogens with one attached hydrogen (secondary N) is 1. The first kappa shape index (κ1) is 24.1. The second kappa shape index (κ2) is 13.7. The Kier molecular flexibility index (Phi) is 10.0. The van der Waals surface area contributed by atoms with Crippen LogP contribution in [-0.4, -0.2) is 25.3 Å². The molecule has 0 saturated heterocycles. The lowest BCUT2D eigenvalue weighted by Gasteiger charge is -2.11. The molecule has 0 atom stereocenters. The van der Waals surface area contributed by atoms with Gasteiger partial charge in [0.05, 0.1) is 6.21 Å². The van der Waals surface area contributed by atoms with Gasteiger partial charge in [-0.05, 0) is 54.8 Å². The third-order valence-electron chi connectivity index (χ3n) is 5.18. The standard InChI is InChI=1S/C28H32N2O3/c1-2-3-4-6-11-23-16-18-26(19-17-23)32-20-21-33-27-15-10-9-14-25(27)22-29-30-28(31)24-12-7-5-8-13-24/h5,7-10,12-19,22H,2-4,6,11,20-21H2,1H3,(H,30,31). The Bertz CT molecular complexity index is 1000. The summed E-state index contributed by atoms with van der Waals surface area (Å²) in [5, 5.41) is 4.06. The predicted octanol–water partition coefficient (Wildman–Crippen LogP) is 6.03. The van der Waals surface area contributed by atoms with Gasteiger partial charge >= 0.3 is 0 Å². The Labute approximate surface area is 196 Å². The fourth-order valence-electron chi connectivity index (χ4n) is 3.35. The normalized spacial score (nSPS) is 10.8. The molecule has 0 aliphatic carbocycles. The maximum atomic E-state index is 12.1. The van der Waals surface area contributed by atoms with Crippen molar-refractivity contribution in [3.05, 3.63) is 95.6 Å². The first-order chi connectivity index (χ1) is 16.3. The zero-order valence-electron chi connectivity index (χ0n) is 19.2. The van der Waals surface area contributed by atoms with Gasteiger partial charge in [-0.3, -0.25) is 4.79 Å². The molecule has 0 bridgehead atoms. The van der Waals surface area contributed by atoms with E-state index in [-0.39, 0.29) is 5.91 Å². The molecule has 33 heavy (non-hydrogen) atoms. The van der Waals surface area contributed by atoms with Crippen LogP contribution in [0.2, 0.25) is 0 Å². The summed E-state index contributed by atoms with van der Waals surface area (Å²) in [6.45, 7) is 3.07. The number of unbranched alkanes of at least 4 members (excludes halogenated alkanes) is 3. The van der Waals surface area contributed by atoms with Crippen molar-refractivity contribution in [2.45, 2.75) is 39.0 Å². The van der Waals surface area contributed by atoms with E-state index in [2.05, 4.69) is 29.6 Å². The first-order valence-electron chi connectivity index (χ1n) is 11.6. The number of rotatable bonds is 13. The van der Waals surface area contributed by atoms with E-state index in [4.69, 9.17) is 9.47 Å². The fraction of sp³-hybridized carbons (Fsp3) is 0.286. The van der Waals surface area contributed by atoms with Gasteiger partial charge in [0.2, 0.25) is 0 Å². The Morgan fingerprint density at radius 1 is 0.848 bits per heavy atom. The van der Waals surface area contributed by atoms with E-state index in [1.807, 2.05) is 54.6 Å². The van der Waals surface area contributed by atoms with Crippen molar-refractivity contribution in [2.24, 2.45) is 5.10 Å². The topological polar surface area (TPSA) is 59.9 Å². The van der Waals surface area contributed by atoms with Gasteiger partial charge < -0.3 is 9.47 Å². The number of hydrazone groups is 1. The predicted molar refractivity (Wildman–Crippen MR) is 133 cm³/mol. The van der Waals surface area contributed by atoms with Crippen molar-refractivity contribution in [1.82, 2.24) is 5.43 Å². The molecule has 0 fully saturated rings. The van der Waals surface area contributed by atoms with Crippen molar-refractivity contribution in [3.63, 3.8) is 0 Å². The molecular formula is C28H32N2O3. The quantitative estimate of drug-likeness (QED) is 0.199. The van der Waals surface area contributed by atoms with Crippen molar-refractivity contribution in [3.8, 4) is 11.5 Å². The summed E-state index contributed by atoms with van der Waals surface area (Å²) in [5.74, 6) is 1.27. The number of aryl methyl sites for hydroxylation is 1. The molecular weight excluding hydrogens is 412 g/mol. The van der Waals surface area contributed by atoms with Gasteiger partial charge in [0.15, 0.2) is 0 Å². The van der Waals surface area contributed by atoms with Crippen LogP contribution in [0.4, 0.5) is 0 Å². The monoisotopic (exact) mass is 444 g/mol. The average Bonchev–Trinajstić information content (AvgIpc) is 2.86. The molecule has 0 heterocycles. The molecule has 3 aromatic carbocycles. The molecule has 5 heteroatoms. The third-order valence-corrected chi connectivity index (χ3v) is 5.18. The number of hydrogen-bond acceptors (Lipinski definition) is 4. The minimum atomic E-state index is -0.259. The van der Waals surface area contributed by atoms with Crippen LogP contribution >= 0.6 is 0 Å². The molecule has 0 saturated carbocycles. The van der Waals surface area contributed by atoms with Crippen molar-refractivity contribution < 1.29 is 14.3 Å². The van der Waals surface area contributed by atoms with Crippen LogP contribution in [0.25, 0.3) is 0 Å². The molecule has 1 amide bonds. The van der Waals surface area contributed by atoms with Crippen LogP contribution in [0.5, 0.6) is 11.5 Å². The summed E-state index contributed by atoms with van der Waals surface area (Å²) >= 11 is 0. The second-order valence-electron chi connectivity index (χ2n) is 7.75. The van der Waals surface area contributed by atoms with E-state index in [0.717, 1.165) is 17.7 Å². The van der Waals surface area contributed by atoms with Crippen LogP contribution in [0.1, 0.15) is 54.1 Å². The Hall–Kier alpha value is -3.60. The fourth-order valence-corrected chi connectivity index (χ4v) is 3.35. The van der Waals surface area contributed by atoms with Crippen molar-refractivity contribution in [2.75, 3.05) is 13.2 Å². The third kappa shape index (κ3) is 8.45. The molecule has 1 N–H and O–H groups in total. The lowest BCUT2D eigenvalue weighted by atomic mass is 10.1. The SMILES string of the molecule is CCCCCCc1ccc(OCCOc2ccccc2C=NNC(=O)c2ccccc2)cc1. The maximum absolute atomic E-state index is 12.1. The molecule has 0 aliphatic rings. The number of carbonyl (C=O) groups is 1. The minimum Gasteiger partial charge on any atom is -0.490 e. The number of nitrogens with zero attached hydrogens (tertiary/aromatic N) is 1. The number of amides is 1. The highest BCUT2D eigenvalue weighted by Crippen LogP contribution is 2.17. The van der Waals surface area contributed by atoms with Crippen molar-refractivity contribution in [1.29, 1.82) is 0 Å². The van der Waals surface area contributed by atoms with Crippen LogP contribution in [-0.2, 0) is 6.42 Å². The van der Waals surface area contributed by atoms with Crippen LogP contribution in [0.15, 0.2) is 84.0 Å². The largest absolute Gasteiger partial charge is 0.490 e. The molecule has 3 aromatic rings. The number of ether oxygens (including phenoxy) is 2. The summed E-state index contributed by atoms with van der Waals surface area (Å²) in [6, 6.07) is 24.8. The number of para-hydroxylation sites is 1. The highest BCUT2D eigenvalue weighted by molar-refractivity contribution is 5.95. The Morgan fingerprint density at radius 2 is 1.58 bits per heavy atom. The molecule has 5 nitrogen and oxygen atoms in total. The van der Waals surface area contributed by atoms with Gasteiger partial charge in [0.1, 0.15) is 24.7 Å². The highest BCUT2D eigenvalue weighted by atomic mass is 16.5. The number of carbonyl (C=O) groups excluding carboxylic acids is 1. The highest BCUT2D eigenvalue weighted by Gasteiger charge is 2.04. The number of benzene rings is 3. The summed E-state index contributed by atoms with van der Waals surface area (Å²) in [5.41, 5.74) is 5.22. The van der Waals surface area contributed by atoms with Crippen molar-refractivity contribution >= 4 is 12.1 Å². The average molecular weight is 445 g/mol. The lowest BCUT2D eigenvalue weighted by molar-refractivity contribution is 0.0955. The van der Waals surface area contributed by atoms with Gasteiger partial charge in [-0.25, -0.2) is 5.43 Å². The summed E-state index contributed by atoms with van der Waals surface area (Å²) in [4.78, 5) is 12.1. The van der Waals surface area contributed by atoms with Crippen LogP contribution in [0.3, 0.4) is 0 Å². The van der Waals surface area contributed by atoms with E-state index in [9.17, 15) is 4.79 Å². The van der Waals surface area contributed by atoms with E-state index >= 15 is 0 Å². The van der Waals surface area contributed by atoms with E-state index < -0.39 is 0 Å². The first-order valence-corrected chi connectivity index (χ1v) is 11.6. The van der Waals surface area contributed by atoms with E-state index in [1.165, 1.54) is 31.2 Å². The van der Waals surface area contributed by atoms with Gasteiger partial charge in [-0.2, -0.15) is 5.10 Å². The van der Waals surface area contributed by atoms with Crippen LogP contribution in [0, 0.1) is 0 Å². The summed E-state index contributed by atoms with van der Waals surface area (Å²) in [7, 11) is 0. The second-order valence-corrected chi connectivity index (χ2v) is 7.75. The summed E-state index contributed by atoms with van der Waals surface area (Å²) < 4.78 is 11.7. The smallest absolute Gasteiger partial charge is 0.271 e. The maximum Gasteiger partial charge on any atom is 0.271 e. The molecule has 0 unspecified atom stereocenters. The van der Waals surface area contributed by atoms with Gasteiger partial charge in [0, 0.05) is 11.1 Å². The lowest BCUT2D eigenvalue weighted by Crippen LogP contribution is -2.17. The van der Waals surface area contributed by atoms with Gasteiger partial charge in [-0.15, -0.1) is 0 Å². The summed E-state index contributed by atoms with van der Waals surface area (Å²) in [6.07, 6.45) is 7.79.